The molecule has 12 nitrogen and oxygen atoms in total. The number of alkyl halides is 2. The van der Waals surface area contributed by atoms with Crippen molar-refractivity contribution in [3.8, 4) is 0 Å². The average Bonchev–Trinajstić information content (AvgIpc) is 3.51. The molecule has 1 N–H and O–H groups in total. The zero-order chi connectivity index (χ0) is 35.5. The summed E-state index contributed by atoms with van der Waals surface area (Å²) in [7, 11) is 0. The highest BCUT2D eigenvalue weighted by Crippen LogP contribution is 2.51. The van der Waals surface area contributed by atoms with Crippen molar-refractivity contribution in [1.82, 2.24) is 19.4 Å². The molecule has 1 saturated heterocycles. The Labute approximate surface area is 275 Å². The van der Waals surface area contributed by atoms with Gasteiger partial charge in [-0.15, -0.1) is 0 Å². The molecule has 48 heavy (non-hydrogen) atoms. The zero-order valence-corrected chi connectivity index (χ0v) is 28.0. The maximum absolute atomic E-state index is 15.6. The van der Waals surface area contributed by atoms with Gasteiger partial charge in [0.1, 0.15) is 35.1 Å². The summed E-state index contributed by atoms with van der Waals surface area (Å²) in [5, 5.41) is 13.2. The maximum atomic E-state index is 15.6. The van der Waals surface area contributed by atoms with Gasteiger partial charge >= 0.3 is 18.0 Å². The third-order valence-electron chi connectivity index (χ3n) is 8.69. The molecule has 260 valence electrons. The lowest BCUT2D eigenvalue weighted by molar-refractivity contribution is -0.196. The number of hydrogen-bond acceptors (Lipinski definition) is 10. The van der Waals surface area contributed by atoms with Gasteiger partial charge in [0.2, 0.25) is 0 Å². The van der Waals surface area contributed by atoms with E-state index in [4.69, 9.17) is 18.9 Å². The Morgan fingerprint density at radius 3 is 2.42 bits per heavy atom. The molecule has 1 amide bonds. The molecule has 5 atom stereocenters. The number of aliphatic hydroxyl groups is 1. The Balaban J connectivity index is 1.70. The summed E-state index contributed by atoms with van der Waals surface area (Å²) in [6.45, 7) is 11.4. The van der Waals surface area contributed by atoms with Gasteiger partial charge < -0.3 is 33.5 Å². The van der Waals surface area contributed by atoms with Crippen LogP contribution >= 0.6 is 0 Å². The molecule has 0 aliphatic carbocycles. The van der Waals surface area contributed by atoms with Gasteiger partial charge in [0, 0.05) is 38.5 Å². The Hall–Kier alpha value is -4.24. The molecule has 0 bridgehead atoms. The van der Waals surface area contributed by atoms with Gasteiger partial charge in [-0.3, -0.25) is 9.59 Å². The number of ether oxygens (including phenoxy) is 4. The minimum absolute atomic E-state index is 0.0310. The first-order chi connectivity index (χ1) is 22.3. The number of fused-ring (bicyclic) bond motifs is 2. The SMILES string of the molecule is CC(=O)O[C@H]1[C@H](n2ccc3c(C)ncnc32)O[C@H](C(C)(O)c2cc(C(F)F)c(F)c3c2CN(C(=O)OC(C)(C)C)CC3)[C@@]1(C)OC(C)=O. The number of aryl methyl sites for hydroxylation is 1. The average molecular weight is 677 g/mol. The van der Waals surface area contributed by atoms with Crippen LogP contribution in [0.3, 0.4) is 0 Å². The van der Waals surface area contributed by atoms with E-state index in [1.165, 1.54) is 29.6 Å². The van der Waals surface area contributed by atoms with Crippen LogP contribution in [0, 0.1) is 12.7 Å². The Morgan fingerprint density at radius 2 is 1.81 bits per heavy atom. The predicted octanol–water partition coefficient (Wildman–Crippen LogP) is 5.17. The van der Waals surface area contributed by atoms with Gasteiger partial charge in [-0.25, -0.2) is 27.9 Å². The van der Waals surface area contributed by atoms with E-state index < -0.39 is 71.1 Å². The van der Waals surface area contributed by atoms with Gasteiger partial charge in [0.05, 0.1) is 11.3 Å². The normalized spacial score (nSPS) is 23.9. The third-order valence-corrected chi connectivity index (χ3v) is 8.69. The molecular weight excluding hydrogens is 637 g/mol. The van der Waals surface area contributed by atoms with E-state index >= 15 is 4.39 Å². The number of hydrogen-bond donors (Lipinski definition) is 1. The van der Waals surface area contributed by atoms with E-state index in [9.17, 15) is 28.3 Å². The van der Waals surface area contributed by atoms with Crippen molar-refractivity contribution < 1.29 is 51.6 Å². The number of halogens is 3. The zero-order valence-electron chi connectivity index (χ0n) is 28.0. The van der Waals surface area contributed by atoms with Crippen LogP contribution in [0.5, 0.6) is 0 Å². The molecule has 1 unspecified atom stereocenters. The van der Waals surface area contributed by atoms with Gasteiger partial charge in [-0.2, -0.15) is 0 Å². The number of aromatic nitrogens is 3. The molecule has 5 rings (SSSR count). The minimum Gasteiger partial charge on any atom is -0.453 e. The number of benzene rings is 1. The van der Waals surface area contributed by atoms with E-state index in [0.29, 0.717) is 16.7 Å². The molecule has 0 saturated carbocycles. The molecule has 3 aromatic rings. The lowest BCUT2D eigenvalue weighted by Crippen LogP contribution is -2.57. The largest absolute Gasteiger partial charge is 0.453 e. The van der Waals surface area contributed by atoms with Crippen molar-refractivity contribution in [3.05, 3.63) is 58.4 Å². The summed E-state index contributed by atoms with van der Waals surface area (Å²) in [6, 6.07) is 2.55. The second-order valence-electron chi connectivity index (χ2n) is 13.5. The standard InChI is InChI=1S/C33H39F3N4O8/c1-16-19-10-12-40(27(19)38-15-37-16)28-25(45-17(2)41)33(8,47-18(3)42)29(46-28)32(7,44)23-13-21(26(35)36)24(34)20-9-11-39(14-22(20)23)30(43)48-31(4,5)6/h10,12-13,15,25-26,28-29,44H,9,11,14H2,1-8H3/t25-,28+,29+,32?,33-/m0/s1. The minimum atomic E-state index is -3.26. The first-order valence-corrected chi connectivity index (χ1v) is 15.4. The summed E-state index contributed by atoms with van der Waals surface area (Å²) >= 11 is 0. The number of amides is 1. The monoisotopic (exact) mass is 676 g/mol. The lowest BCUT2D eigenvalue weighted by Gasteiger charge is -2.42. The van der Waals surface area contributed by atoms with Crippen molar-refractivity contribution in [3.63, 3.8) is 0 Å². The van der Waals surface area contributed by atoms with E-state index in [1.54, 1.807) is 40.0 Å². The highest BCUT2D eigenvalue weighted by atomic mass is 19.3. The molecule has 2 aromatic heterocycles. The van der Waals surface area contributed by atoms with Crippen LogP contribution in [0.2, 0.25) is 0 Å². The Morgan fingerprint density at radius 1 is 1.12 bits per heavy atom. The molecule has 0 radical (unpaired) electrons. The summed E-state index contributed by atoms with van der Waals surface area (Å²) < 4.78 is 69.3. The van der Waals surface area contributed by atoms with Crippen molar-refractivity contribution in [2.24, 2.45) is 0 Å². The van der Waals surface area contributed by atoms with Crippen LogP contribution in [0.15, 0.2) is 24.7 Å². The fourth-order valence-electron chi connectivity index (χ4n) is 6.73. The molecule has 4 heterocycles. The maximum Gasteiger partial charge on any atom is 0.410 e. The van der Waals surface area contributed by atoms with Crippen LogP contribution in [-0.2, 0) is 47.1 Å². The van der Waals surface area contributed by atoms with Crippen molar-refractivity contribution >= 4 is 29.1 Å². The lowest BCUT2D eigenvalue weighted by atomic mass is 9.75. The van der Waals surface area contributed by atoms with Gasteiger partial charge in [-0.1, -0.05) is 0 Å². The second-order valence-corrected chi connectivity index (χ2v) is 13.5. The highest BCUT2D eigenvalue weighted by Gasteiger charge is 2.65. The van der Waals surface area contributed by atoms with Crippen LogP contribution in [-0.4, -0.2) is 72.5 Å². The highest BCUT2D eigenvalue weighted by molar-refractivity contribution is 5.78. The molecule has 0 spiro atoms. The van der Waals surface area contributed by atoms with E-state index in [1.807, 2.05) is 0 Å². The number of rotatable bonds is 6. The fourth-order valence-corrected chi connectivity index (χ4v) is 6.73. The van der Waals surface area contributed by atoms with Gasteiger partial charge in [-0.05, 0) is 76.8 Å². The summed E-state index contributed by atoms with van der Waals surface area (Å²) in [5.74, 6) is -2.73. The smallest absolute Gasteiger partial charge is 0.410 e. The number of nitrogens with zero attached hydrogens (tertiary/aromatic N) is 4. The molecule has 1 aromatic carbocycles. The molecule has 2 aliphatic heterocycles. The Kier molecular flexibility index (Phi) is 9.01. The van der Waals surface area contributed by atoms with E-state index in [-0.39, 0.29) is 36.2 Å². The van der Waals surface area contributed by atoms with Crippen LogP contribution in [0.25, 0.3) is 11.0 Å². The van der Waals surface area contributed by atoms with Crippen LogP contribution in [0.4, 0.5) is 18.0 Å². The third kappa shape index (κ3) is 6.20. The first kappa shape index (κ1) is 35.1. The van der Waals surface area contributed by atoms with Gasteiger partial charge in [0.25, 0.3) is 6.43 Å². The van der Waals surface area contributed by atoms with E-state index in [0.717, 1.165) is 19.9 Å². The summed E-state index contributed by atoms with van der Waals surface area (Å²) in [5.41, 5.74) is -5.31. The van der Waals surface area contributed by atoms with Crippen molar-refractivity contribution in [2.75, 3.05) is 6.54 Å². The number of esters is 2. The second kappa shape index (κ2) is 12.3. The first-order valence-electron chi connectivity index (χ1n) is 15.4. The van der Waals surface area contributed by atoms with Crippen molar-refractivity contribution in [1.29, 1.82) is 0 Å². The van der Waals surface area contributed by atoms with Crippen molar-refractivity contribution in [2.45, 2.75) is 110 Å². The predicted molar refractivity (Wildman–Crippen MR) is 163 cm³/mol. The summed E-state index contributed by atoms with van der Waals surface area (Å²) in [4.78, 5) is 48.0. The van der Waals surface area contributed by atoms with E-state index in [2.05, 4.69) is 9.97 Å². The van der Waals surface area contributed by atoms with Gasteiger partial charge in [0.15, 0.2) is 17.9 Å². The molecular formula is C33H39F3N4O8. The number of carbonyl (C=O) groups excluding carboxylic acids is 3. The molecule has 15 heteroatoms. The van der Waals surface area contributed by atoms with Crippen LogP contribution < -0.4 is 0 Å². The molecule has 1 fully saturated rings. The Bertz CT molecular complexity index is 1770. The number of carbonyl (C=O) groups is 3. The fraction of sp³-hybridized carbons (Fsp3) is 0.545. The van der Waals surface area contributed by atoms with Crippen LogP contribution in [0.1, 0.15) is 89.1 Å². The summed E-state index contributed by atoms with van der Waals surface area (Å²) in [6.07, 6.45) is -5.46. The quantitative estimate of drug-likeness (QED) is 0.275. The topological polar surface area (TPSA) is 142 Å². The molecule has 2 aliphatic rings.